The quantitative estimate of drug-likeness (QED) is 0.478. The Labute approximate surface area is 201 Å². The molecule has 1 amide bonds. The first kappa shape index (κ1) is 27.1. The smallest absolute Gasteiger partial charge is 0.338 e. The standard InChI is InChI=1S/C24H32N2O7S/c1-16(2)11-12-32-21-10-8-18(13-22(21)31-6)24(28)33-15-23(27)25-20-14-19(9-7-17(20)3)34(29,30)26(4)5/h7-10,13-14,16H,11-12,15H2,1-6H3,(H,25,27). The lowest BCUT2D eigenvalue weighted by Crippen LogP contribution is -2.23. The van der Waals surface area contributed by atoms with Crippen molar-refractivity contribution in [3.63, 3.8) is 0 Å². The van der Waals surface area contributed by atoms with Gasteiger partial charge in [0.25, 0.3) is 5.91 Å². The summed E-state index contributed by atoms with van der Waals surface area (Å²) >= 11 is 0. The first-order chi connectivity index (χ1) is 15.9. The maximum atomic E-state index is 12.4. The third kappa shape index (κ3) is 7.19. The predicted molar refractivity (Wildman–Crippen MR) is 129 cm³/mol. The molecular weight excluding hydrogens is 460 g/mol. The number of carbonyl (C=O) groups excluding carboxylic acids is 2. The minimum absolute atomic E-state index is 0.0400. The number of sulfonamides is 1. The van der Waals surface area contributed by atoms with E-state index in [1.807, 2.05) is 0 Å². The molecule has 9 nitrogen and oxygen atoms in total. The molecule has 0 atom stereocenters. The molecular formula is C24H32N2O7S. The maximum Gasteiger partial charge on any atom is 0.338 e. The third-order valence-electron chi connectivity index (χ3n) is 4.95. The molecule has 0 aliphatic rings. The number of methoxy groups -OCH3 is 1. The first-order valence-corrected chi connectivity index (χ1v) is 12.2. The van der Waals surface area contributed by atoms with Crippen LogP contribution in [0.15, 0.2) is 41.3 Å². The normalized spacial score (nSPS) is 11.4. The van der Waals surface area contributed by atoms with E-state index in [0.29, 0.717) is 35.3 Å². The Morgan fingerprint density at radius 2 is 1.76 bits per heavy atom. The molecule has 10 heteroatoms. The Balaban J connectivity index is 2.02. The van der Waals surface area contributed by atoms with E-state index in [-0.39, 0.29) is 10.5 Å². The first-order valence-electron chi connectivity index (χ1n) is 10.8. The van der Waals surface area contributed by atoms with Gasteiger partial charge in [-0.1, -0.05) is 19.9 Å². The minimum atomic E-state index is -3.66. The van der Waals surface area contributed by atoms with Crippen LogP contribution in [0, 0.1) is 12.8 Å². The molecule has 1 N–H and O–H groups in total. The van der Waals surface area contributed by atoms with Gasteiger partial charge in [0.1, 0.15) is 0 Å². The van der Waals surface area contributed by atoms with Crippen LogP contribution < -0.4 is 14.8 Å². The average molecular weight is 493 g/mol. The van der Waals surface area contributed by atoms with E-state index in [1.165, 1.54) is 45.5 Å². The Morgan fingerprint density at radius 1 is 1.06 bits per heavy atom. The molecule has 0 bridgehead atoms. The molecule has 0 saturated carbocycles. The number of rotatable bonds is 11. The number of hydrogen-bond acceptors (Lipinski definition) is 7. The number of nitrogens with zero attached hydrogens (tertiary/aromatic N) is 1. The molecule has 0 saturated heterocycles. The number of anilines is 1. The minimum Gasteiger partial charge on any atom is -0.493 e. The molecule has 0 spiro atoms. The Bertz CT molecular complexity index is 1130. The number of esters is 1. The SMILES string of the molecule is COc1cc(C(=O)OCC(=O)Nc2cc(S(=O)(=O)N(C)C)ccc2C)ccc1OCCC(C)C. The summed E-state index contributed by atoms with van der Waals surface area (Å²) in [6, 6.07) is 9.07. The topological polar surface area (TPSA) is 111 Å². The van der Waals surface area contributed by atoms with Crippen molar-refractivity contribution < 1.29 is 32.2 Å². The summed E-state index contributed by atoms with van der Waals surface area (Å²) in [6.07, 6.45) is 0.880. The van der Waals surface area contributed by atoms with Crippen LogP contribution in [0.5, 0.6) is 11.5 Å². The van der Waals surface area contributed by atoms with E-state index in [0.717, 1.165) is 10.7 Å². The van der Waals surface area contributed by atoms with Crippen molar-refractivity contribution in [2.45, 2.75) is 32.1 Å². The molecule has 0 heterocycles. The zero-order valence-corrected chi connectivity index (χ0v) is 21.2. The number of amides is 1. The largest absolute Gasteiger partial charge is 0.493 e. The summed E-state index contributed by atoms with van der Waals surface area (Å²) in [7, 11) is 0.658. The van der Waals surface area contributed by atoms with Crippen molar-refractivity contribution in [2.24, 2.45) is 5.92 Å². The number of nitrogens with one attached hydrogen (secondary N) is 1. The highest BCUT2D eigenvalue weighted by Crippen LogP contribution is 2.29. The van der Waals surface area contributed by atoms with E-state index >= 15 is 0 Å². The number of hydrogen-bond donors (Lipinski definition) is 1. The Kier molecular flexibility index (Phi) is 9.46. The van der Waals surface area contributed by atoms with Crippen LogP contribution in [0.3, 0.4) is 0 Å². The molecule has 186 valence electrons. The lowest BCUT2D eigenvalue weighted by Gasteiger charge is -2.15. The maximum absolute atomic E-state index is 12.4. The van der Waals surface area contributed by atoms with E-state index in [9.17, 15) is 18.0 Å². The highest BCUT2D eigenvalue weighted by atomic mass is 32.2. The van der Waals surface area contributed by atoms with Crippen molar-refractivity contribution in [3.8, 4) is 11.5 Å². The summed E-state index contributed by atoms with van der Waals surface area (Å²) < 4.78 is 41.9. The second-order valence-corrected chi connectivity index (χ2v) is 10.4. The molecule has 2 aromatic carbocycles. The monoisotopic (exact) mass is 492 g/mol. The predicted octanol–water partition coefficient (Wildman–Crippen LogP) is 3.47. The summed E-state index contributed by atoms with van der Waals surface area (Å²) in [5.74, 6) is 0.0898. The zero-order chi connectivity index (χ0) is 25.5. The summed E-state index contributed by atoms with van der Waals surface area (Å²) in [5.41, 5.74) is 1.18. The number of benzene rings is 2. The lowest BCUT2D eigenvalue weighted by molar-refractivity contribution is -0.119. The fourth-order valence-electron chi connectivity index (χ4n) is 2.83. The van der Waals surface area contributed by atoms with Crippen LogP contribution >= 0.6 is 0 Å². The fraction of sp³-hybridized carbons (Fsp3) is 0.417. The van der Waals surface area contributed by atoms with E-state index in [1.54, 1.807) is 19.1 Å². The van der Waals surface area contributed by atoms with Gasteiger partial charge in [-0.25, -0.2) is 17.5 Å². The lowest BCUT2D eigenvalue weighted by atomic mass is 10.1. The highest BCUT2D eigenvalue weighted by Gasteiger charge is 2.19. The second-order valence-electron chi connectivity index (χ2n) is 8.29. The molecule has 2 aromatic rings. The van der Waals surface area contributed by atoms with Gasteiger partial charge in [0, 0.05) is 19.8 Å². The molecule has 0 fully saturated rings. The van der Waals surface area contributed by atoms with Crippen molar-refractivity contribution >= 4 is 27.6 Å². The Hall–Kier alpha value is -3.11. The molecule has 34 heavy (non-hydrogen) atoms. The van der Waals surface area contributed by atoms with Crippen LogP contribution in [0.25, 0.3) is 0 Å². The Morgan fingerprint density at radius 3 is 2.38 bits per heavy atom. The van der Waals surface area contributed by atoms with Gasteiger partial charge in [0.15, 0.2) is 18.1 Å². The van der Waals surface area contributed by atoms with Gasteiger partial charge in [-0.2, -0.15) is 0 Å². The second kappa shape index (κ2) is 11.8. The average Bonchev–Trinajstić information content (AvgIpc) is 2.78. The zero-order valence-electron chi connectivity index (χ0n) is 20.4. The van der Waals surface area contributed by atoms with Gasteiger partial charge in [0.05, 0.1) is 24.2 Å². The van der Waals surface area contributed by atoms with E-state index in [4.69, 9.17) is 14.2 Å². The number of carbonyl (C=O) groups is 2. The summed E-state index contributed by atoms with van der Waals surface area (Å²) in [6.45, 7) is 5.90. The van der Waals surface area contributed by atoms with Crippen molar-refractivity contribution in [1.82, 2.24) is 4.31 Å². The van der Waals surface area contributed by atoms with Gasteiger partial charge in [-0.3, -0.25) is 4.79 Å². The van der Waals surface area contributed by atoms with Crippen molar-refractivity contribution in [3.05, 3.63) is 47.5 Å². The van der Waals surface area contributed by atoms with Gasteiger partial charge >= 0.3 is 5.97 Å². The molecule has 0 unspecified atom stereocenters. The van der Waals surface area contributed by atoms with Crippen LogP contribution in [-0.2, 0) is 19.6 Å². The van der Waals surface area contributed by atoms with Gasteiger partial charge in [0.2, 0.25) is 10.0 Å². The summed E-state index contributed by atoms with van der Waals surface area (Å²) in [4.78, 5) is 24.8. The molecule has 0 radical (unpaired) electrons. The molecule has 0 aliphatic carbocycles. The third-order valence-corrected chi connectivity index (χ3v) is 6.76. The number of ether oxygens (including phenoxy) is 3. The number of aryl methyl sites for hydroxylation is 1. The van der Waals surface area contributed by atoms with Gasteiger partial charge in [-0.15, -0.1) is 0 Å². The van der Waals surface area contributed by atoms with Crippen LogP contribution in [-0.4, -0.2) is 59.0 Å². The summed E-state index contributed by atoms with van der Waals surface area (Å²) in [5, 5.41) is 2.59. The van der Waals surface area contributed by atoms with Crippen LogP contribution in [0.4, 0.5) is 5.69 Å². The van der Waals surface area contributed by atoms with Crippen molar-refractivity contribution in [1.29, 1.82) is 0 Å². The molecule has 2 rings (SSSR count). The fourth-order valence-corrected chi connectivity index (χ4v) is 3.75. The van der Waals surface area contributed by atoms with Gasteiger partial charge in [-0.05, 0) is 55.2 Å². The van der Waals surface area contributed by atoms with Gasteiger partial charge < -0.3 is 19.5 Å². The molecule has 0 aromatic heterocycles. The van der Waals surface area contributed by atoms with E-state index in [2.05, 4.69) is 19.2 Å². The van der Waals surface area contributed by atoms with Crippen LogP contribution in [0.2, 0.25) is 0 Å². The molecule has 0 aliphatic heterocycles. The van der Waals surface area contributed by atoms with Crippen LogP contribution in [0.1, 0.15) is 36.2 Å². The van der Waals surface area contributed by atoms with E-state index < -0.39 is 28.5 Å². The highest BCUT2D eigenvalue weighted by molar-refractivity contribution is 7.89. The van der Waals surface area contributed by atoms with Crippen molar-refractivity contribution in [2.75, 3.05) is 39.7 Å².